The minimum absolute atomic E-state index is 0.0147. The first-order valence-electron chi connectivity index (χ1n) is 6.22. The van der Waals surface area contributed by atoms with E-state index in [1.165, 1.54) is 11.1 Å². The van der Waals surface area contributed by atoms with Gasteiger partial charge in [0.05, 0.1) is 5.38 Å². The standard InChI is InChI=1S/C14H18BrClO2/c1-4-17-14-11(16)7-12(14)18-10-5-8(2)13(15)9(3)6-10/h5-6,11-12,14H,4,7H2,1-3H3. The molecule has 18 heavy (non-hydrogen) atoms. The topological polar surface area (TPSA) is 18.5 Å². The van der Waals surface area contributed by atoms with E-state index in [9.17, 15) is 0 Å². The van der Waals surface area contributed by atoms with Crippen molar-refractivity contribution in [2.75, 3.05) is 6.61 Å². The molecule has 1 aliphatic rings. The number of halogens is 2. The first-order chi connectivity index (χ1) is 8.52. The molecule has 3 unspecified atom stereocenters. The third-order valence-electron chi connectivity index (χ3n) is 3.24. The van der Waals surface area contributed by atoms with Gasteiger partial charge in [-0.3, -0.25) is 0 Å². The summed E-state index contributed by atoms with van der Waals surface area (Å²) in [6.45, 7) is 6.78. The minimum Gasteiger partial charge on any atom is -0.488 e. The van der Waals surface area contributed by atoms with Gasteiger partial charge in [0.15, 0.2) is 0 Å². The maximum absolute atomic E-state index is 6.13. The second kappa shape index (κ2) is 5.81. The third-order valence-corrected chi connectivity index (χ3v) is 4.91. The van der Waals surface area contributed by atoms with Gasteiger partial charge in [-0.1, -0.05) is 15.9 Å². The van der Waals surface area contributed by atoms with Gasteiger partial charge >= 0.3 is 0 Å². The highest BCUT2D eigenvalue weighted by atomic mass is 79.9. The third kappa shape index (κ3) is 2.84. The fourth-order valence-electron chi connectivity index (χ4n) is 2.20. The first kappa shape index (κ1) is 14.2. The Labute approximate surface area is 122 Å². The van der Waals surface area contributed by atoms with Crippen LogP contribution < -0.4 is 4.74 Å². The van der Waals surface area contributed by atoms with Crippen LogP contribution in [0.4, 0.5) is 0 Å². The van der Waals surface area contributed by atoms with E-state index in [2.05, 4.69) is 29.8 Å². The molecule has 3 atom stereocenters. The van der Waals surface area contributed by atoms with Crippen LogP contribution in [0.5, 0.6) is 5.75 Å². The van der Waals surface area contributed by atoms with Gasteiger partial charge in [-0.05, 0) is 44.0 Å². The Balaban J connectivity index is 2.06. The number of aryl methyl sites for hydroxylation is 2. The molecule has 0 radical (unpaired) electrons. The van der Waals surface area contributed by atoms with Crippen molar-refractivity contribution in [1.29, 1.82) is 0 Å². The number of alkyl halides is 1. The molecule has 0 heterocycles. The normalized spacial score (nSPS) is 26.8. The molecule has 0 spiro atoms. The average molecular weight is 334 g/mol. The van der Waals surface area contributed by atoms with Gasteiger partial charge in [0, 0.05) is 17.5 Å². The maximum atomic E-state index is 6.13. The van der Waals surface area contributed by atoms with Crippen LogP contribution in [0.25, 0.3) is 0 Å². The molecule has 1 saturated carbocycles. The summed E-state index contributed by atoms with van der Waals surface area (Å²) in [4.78, 5) is 0. The van der Waals surface area contributed by atoms with E-state index >= 15 is 0 Å². The van der Waals surface area contributed by atoms with E-state index in [0.29, 0.717) is 6.61 Å². The summed E-state index contributed by atoms with van der Waals surface area (Å²) in [6.07, 6.45) is 0.939. The minimum atomic E-state index is 0.0147. The molecule has 0 aliphatic heterocycles. The lowest BCUT2D eigenvalue weighted by atomic mass is 9.91. The highest BCUT2D eigenvalue weighted by Gasteiger charge is 2.42. The van der Waals surface area contributed by atoms with Gasteiger partial charge in [0.25, 0.3) is 0 Å². The molecule has 4 heteroatoms. The molecular weight excluding hydrogens is 316 g/mol. The molecule has 1 aliphatic carbocycles. The van der Waals surface area contributed by atoms with Crippen molar-refractivity contribution < 1.29 is 9.47 Å². The van der Waals surface area contributed by atoms with Crippen LogP contribution in [0, 0.1) is 13.8 Å². The maximum Gasteiger partial charge on any atom is 0.128 e. The van der Waals surface area contributed by atoms with Crippen molar-refractivity contribution in [2.45, 2.75) is 44.8 Å². The zero-order chi connectivity index (χ0) is 13.3. The lowest BCUT2D eigenvalue weighted by molar-refractivity contribution is -0.0760. The first-order valence-corrected chi connectivity index (χ1v) is 7.45. The van der Waals surface area contributed by atoms with Gasteiger partial charge in [-0.15, -0.1) is 11.6 Å². The van der Waals surface area contributed by atoms with E-state index in [1.54, 1.807) is 0 Å². The van der Waals surface area contributed by atoms with E-state index in [1.807, 2.05) is 19.1 Å². The van der Waals surface area contributed by atoms with Crippen molar-refractivity contribution in [2.24, 2.45) is 0 Å². The van der Waals surface area contributed by atoms with Crippen LogP contribution in [0.3, 0.4) is 0 Å². The fourth-order valence-corrected chi connectivity index (χ4v) is 2.84. The quantitative estimate of drug-likeness (QED) is 0.768. The smallest absolute Gasteiger partial charge is 0.128 e. The molecule has 0 amide bonds. The molecule has 0 bridgehead atoms. The Hall–Kier alpha value is -0.250. The zero-order valence-electron chi connectivity index (χ0n) is 10.9. The summed E-state index contributed by atoms with van der Waals surface area (Å²) in [5.41, 5.74) is 2.36. The fraction of sp³-hybridized carbons (Fsp3) is 0.571. The van der Waals surface area contributed by atoms with E-state index in [4.69, 9.17) is 21.1 Å². The predicted molar refractivity (Wildman–Crippen MR) is 77.7 cm³/mol. The lowest BCUT2D eigenvalue weighted by Gasteiger charge is -2.40. The van der Waals surface area contributed by atoms with Crippen molar-refractivity contribution in [3.05, 3.63) is 27.7 Å². The summed E-state index contributed by atoms with van der Waals surface area (Å²) in [7, 11) is 0. The Morgan fingerprint density at radius 1 is 1.33 bits per heavy atom. The summed E-state index contributed by atoms with van der Waals surface area (Å²) in [5.74, 6) is 0.895. The van der Waals surface area contributed by atoms with Gasteiger partial charge in [0.2, 0.25) is 0 Å². The summed E-state index contributed by atoms with van der Waals surface area (Å²) < 4.78 is 12.7. The van der Waals surface area contributed by atoms with Gasteiger partial charge in [0.1, 0.15) is 18.0 Å². The van der Waals surface area contributed by atoms with Crippen molar-refractivity contribution in [3.8, 4) is 5.75 Å². The largest absolute Gasteiger partial charge is 0.488 e. The second-order valence-electron chi connectivity index (χ2n) is 4.70. The van der Waals surface area contributed by atoms with Crippen LogP contribution in [-0.4, -0.2) is 24.2 Å². The summed E-state index contributed by atoms with van der Waals surface area (Å²) in [5, 5.41) is 0.0765. The number of ether oxygens (including phenoxy) is 2. The Bertz CT molecular complexity index is 413. The van der Waals surface area contributed by atoms with E-state index in [-0.39, 0.29) is 17.6 Å². The molecule has 1 aromatic carbocycles. The molecular formula is C14H18BrClO2. The molecule has 0 N–H and O–H groups in total. The van der Waals surface area contributed by atoms with E-state index < -0.39 is 0 Å². The summed E-state index contributed by atoms with van der Waals surface area (Å²) in [6, 6.07) is 4.09. The number of hydrogen-bond donors (Lipinski definition) is 0. The van der Waals surface area contributed by atoms with Gasteiger partial charge in [-0.2, -0.15) is 0 Å². The van der Waals surface area contributed by atoms with Crippen LogP contribution in [0.15, 0.2) is 16.6 Å². The Morgan fingerprint density at radius 2 is 1.94 bits per heavy atom. The molecule has 100 valence electrons. The second-order valence-corrected chi connectivity index (χ2v) is 6.05. The Kier molecular flexibility index (Phi) is 4.57. The molecule has 2 rings (SSSR count). The van der Waals surface area contributed by atoms with Gasteiger partial charge < -0.3 is 9.47 Å². The van der Waals surface area contributed by atoms with Crippen molar-refractivity contribution >= 4 is 27.5 Å². The van der Waals surface area contributed by atoms with Crippen molar-refractivity contribution in [1.82, 2.24) is 0 Å². The van der Waals surface area contributed by atoms with E-state index in [0.717, 1.165) is 16.6 Å². The Morgan fingerprint density at radius 3 is 2.44 bits per heavy atom. The molecule has 1 fully saturated rings. The molecule has 2 nitrogen and oxygen atoms in total. The van der Waals surface area contributed by atoms with Crippen LogP contribution in [0.1, 0.15) is 24.5 Å². The predicted octanol–water partition coefficient (Wildman–Crippen LogP) is 4.23. The SMILES string of the molecule is CCOC1C(Cl)CC1Oc1cc(C)c(Br)c(C)c1. The monoisotopic (exact) mass is 332 g/mol. The molecule has 0 aromatic heterocycles. The van der Waals surface area contributed by atoms with Crippen LogP contribution >= 0.6 is 27.5 Å². The zero-order valence-corrected chi connectivity index (χ0v) is 13.2. The highest BCUT2D eigenvalue weighted by Crippen LogP contribution is 2.34. The molecule has 1 aromatic rings. The lowest BCUT2D eigenvalue weighted by Crippen LogP contribution is -2.52. The number of benzene rings is 1. The average Bonchev–Trinajstić information content (AvgIpc) is 2.32. The highest BCUT2D eigenvalue weighted by molar-refractivity contribution is 9.10. The summed E-state index contributed by atoms with van der Waals surface area (Å²) >= 11 is 9.69. The number of hydrogen-bond acceptors (Lipinski definition) is 2. The number of rotatable bonds is 4. The molecule has 0 saturated heterocycles. The van der Waals surface area contributed by atoms with Crippen LogP contribution in [-0.2, 0) is 4.74 Å². The van der Waals surface area contributed by atoms with Gasteiger partial charge in [-0.25, -0.2) is 0 Å². The van der Waals surface area contributed by atoms with Crippen molar-refractivity contribution in [3.63, 3.8) is 0 Å². The van der Waals surface area contributed by atoms with Crippen LogP contribution in [0.2, 0.25) is 0 Å².